The second-order valence-corrected chi connectivity index (χ2v) is 11.2. The van der Waals surface area contributed by atoms with Crippen LogP contribution in [0, 0.1) is 0 Å². The van der Waals surface area contributed by atoms with Crippen LogP contribution in [0.2, 0.25) is 15.1 Å². The molecule has 1 fully saturated rings. The third-order valence-electron chi connectivity index (χ3n) is 5.83. The van der Waals surface area contributed by atoms with Gasteiger partial charge in [-0.15, -0.1) is 0 Å². The fraction of sp³-hybridized carbons (Fsp3) is 0.240. The molecule has 1 amide bonds. The van der Waals surface area contributed by atoms with Crippen LogP contribution in [0.4, 0.5) is 5.69 Å². The number of hydrogen-bond acceptors (Lipinski definition) is 4. The van der Waals surface area contributed by atoms with Gasteiger partial charge in [-0.05, 0) is 48.4 Å². The maximum absolute atomic E-state index is 13.6. The van der Waals surface area contributed by atoms with Crippen molar-refractivity contribution in [2.75, 3.05) is 31.1 Å². The van der Waals surface area contributed by atoms with Gasteiger partial charge in [-0.3, -0.25) is 4.79 Å². The molecule has 0 saturated carbocycles. The smallest absolute Gasteiger partial charge is 0.242 e. The van der Waals surface area contributed by atoms with Crippen LogP contribution in [0.25, 0.3) is 0 Å². The number of amides is 1. The Balaban J connectivity index is 1.53. The van der Waals surface area contributed by atoms with Crippen LogP contribution < -0.4 is 9.62 Å². The maximum Gasteiger partial charge on any atom is 0.242 e. The highest BCUT2D eigenvalue weighted by molar-refractivity contribution is 7.89. The number of piperazine rings is 1. The third kappa shape index (κ3) is 6.48. The quantitative estimate of drug-likeness (QED) is 0.453. The Kier molecular flexibility index (Phi) is 8.24. The second kappa shape index (κ2) is 11.2. The van der Waals surface area contributed by atoms with Gasteiger partial charge in [0.05, 0.1) is 5.02 Å². The molecule has 0 unspecified atom stereocenters. The van der Waals surface area contributed by atoms with Crippen LogP contribution in [0.5, 0.6) is 0 Å². The molecule has 184 valence electrons. The molecule has 0 bridgehead atoms. The van der Waals surface area contributed by atoms with Crippen molar-refractivity contribution in [2.45, 2.75) is 17.4 Å². The van der Waals surface area contributed by atoms with Gasteiger partial charge in [0.25, 0.3) is 0 Å². The predicted octanol–water partition coefficient (Wildman–Crippen LogP) is 4.89. The molecule has 1 N–H and O–H groups in total. The van der Waals surface area contributed by atoms with E-state index in [-0.39, 0.29) is 27.3 Å². The lowest BCUT2D eigenvalue weighted by molar-refractivity contribution is -0.133. The van der Waals surface area contributed by atoms with Crippen LogP contribution in [0.3, 0.4) is 0 Å². The Morgan fingerprint density at radius 3 is 2.23 bits per heavy atom. The molecule has 0 aliphatic carbocycles. The number of anilines is 1. The van der Waals surface area contributed by atoms with Crippen LogP contribution in [-0.4, -0.2) is 51.4 Å². The number of nitrogens with zero attached hydrogens (tertiary/aromatic N) is 2. The number of carbonyl (C=O) groups excluding carboxylic acids is 1. The number of sulfonamides is 1. The Hall–Kier alpha value is -2.29. The topological polar surface area (TPSA) is 69.7 Å². The fourth-order valence-corrected chi connectivity index (χ4v) is 6.18. The fourth-order valence-electron chi connectivity index (χ4n) is 4.04. The van der Waals surface area contributed by atoms with Crippen LogP contribution >= 0.6 is 34.8 Å². The lowest BCUT2D eigenvalue weighted by Crippen LogP contribution is -2.55. The zero-order valence-electron chi connectivity index (χ0n) is 18.7. The van der Waals surface area contributed by atoms with Crippen LogP contribution in [0.1, 0.15) is 5.56 Å². The van der Waals surface area contributed by atoms with Gasteiger partial charge in [0, 0.05) is 41.9 Å². The van der Waals surface area contributed by atoms with E-state index in [9.17, 15) is 13.2 Å². The maximum atomic E-state index is 13.6. The van der Waals surface area contributed by atoms with Crippen molar-refractivity contribution in [1.29, 1.82) is 0 Å². The minimum absolute atomic E-state index is 0.0305. The van der Waals surface area contributed by atoms with Crippen molar-refractivity contribution in [3.63, 3.8) is 0 Å². The van der Waals surface area contributed by atoms with E-state index in [1.807, 2.05) is 54.6 Å². The number of benzene rings is 3. The predicted molar refractivity (Wildman–Crippen MR) is 141 cm³/mol. The van der Waals surface area contributed by atoms with Gasteiger partial charge in [0.15, 0.2) is 0 Å². The summed E-state index contributed by atoms with van der Waals surface area (Å²) in [6.07, 6.45) is 0.200. The van der Waals surface area contributed by atoms with E-state index in [0.717, 1.165) is 11.3 Å². The lowest BCUT2D eigenvalue weighted by Gasteiger charge is -2.37. The van der Waals surface area contributed by atoms with Crippen LogP contribution in [0.15, 0.2) is 77.7 Å². The molecule has 0 radical (unpaired) electrons. The average molecular weight is 553 g/mol. The first-order valence-electron chi connectivity index (χ1n) is 11.0. The highest BCUT2D eigenvalue weighted by atomic mass is 35.5. The zero-order valence-corrected chi connectivity index (χ0v) is 21.8. The highest BCUT2D eigenvalue weighted by Gasteiger charge is 2.32. The summed E-state index contributed by atoms with van der Waals surface area (Å²) in [5.41, 5.74) is 1.82. The van der Waals surface area contributed by atoms with Crippen LogP contribution in [-0.2, 0) is 21.2 Å². The van der Waals surface area contributed by atoms with Gasteiger partial charge in [-0.25, -0.2) is 8.42 Å². The number of nitrogens with one attached hydrogen (secondary N) is 1. The van der Waals surface area contributed by atoms with E-state index in [1.165, 1.54) is 18.2 Å². The van der Waals surface area contributed by atoms with E-state index >= 15 is 0 Å². The second-order valence-electron chi connectivity index (χ2n) is 8.23. The monoisotopic (exact) mass is 551 g/mol. The number of hydrogen-bond donors (Lipinski definition) is 1. The summed E-state index contributed by atoms with van der Waals surface area (Å²) in [6, 6.07) is 20.1. The largest absolute Gasteiger partial charge is 0.368 e. The molecule has 35 heavy (non-hydrogen) atoms. The lowest BCUT2D eigenvalue weighted by atomic mass is 10.1. The van der Waals surface area contributed by atoms with E-state index in [2.05, 4.69) is 9.62 Å². The van der Waals surface area contributed by atoms with Crippen molar-refractivity contribution in [3.8, 4) is 0 Å². The summed E-state index contributed by atoms with van der Waals surface area (Å²) < 4.78 is 29.0. The van der Waals surface area contributed by atoms with Gasteiger partial charge in [0.1, 0.15) is 10.9 Å². The number of halogens is 3. The summed E-state index contributed by atoms with van der Waals surface area (Å²) in [6.45, 7) is 2.13. The minimum atomic E-state index is -4.11. The van der Waals surface area contributed by atoms with Gasteiger partial charge in [0.2, 0.25) is 15.9 Å². The molecule has 1 aliphatic heterocycles. The van der Waals surface area contributed by atoms with Crippen molar-refractivity contribution in [3.05, 3.63) is 93.4 Å². The van der Waals surface area contributed by atoms with Gasteiger partial charge in [-0.2, -0.15) is 4.72 Å². The summed E-state index contributed by atoms with van der Waals surface area (Å²) in [7, 11) is -4.11. The summed E-state index contributed by atoms with van der Waals surface area (Å²) >= 11 is 18.3. The molecular formula is C25H24Cl3N3O3S. The molecule has 1 saturated heterocycles. The molecule has 6 nitrogen and oxygen atoms in total. The van der Waals surface area contributed by atoms with Crippen molar-refractivity contribution in [1.82, 2.24) is 9.62 Å². The Labute approximate surface area is 220 Å². The van der Waals surface area contributed by atoms with E-state index < -0.39 is 16.1 Å². The molecule has 10 heteroatoms. The van der Waals surface area contributed by atoms with E-state index in [0.29, 0.717) is 31.2 Å². The van der Waals surface area contributed by atoms with Gasteiger partial charge in [-0.1, -0.05) is 71.2 Å². The Morgan fingerprint density at radius 1 is 0.857 bits per heavy atom. The first-order valence-corrected chi connectivity index (χ1v) is 13.7. The Bertz CT molecular complexity index is 1300. The molecule has 3 aromatic carbocycles. The number of rotatable bonds is 7. The summed E-state index contributed by atoms with van der Waals surface area (Å²) in [5.74, 6) is -0.290. The molecular weight excluding hydrogens is 529 g/mol. The molecule has 4 rings (SSSR count). The number of carbonyl (C=O) groups is 1. The van der Waals surface area contributed by atoms with E-state index in [1.54, 1.807) is 4.90 Å². The summed E-state index contributed by atoms with van der Waals surface area (Å²) in [4.78, 5) is 17.2. The van der Waals surface area contributed by atoms with E-state index in [4.69, 9.17) is 34.8 Å². The molecule has 0 spiro atoms. The van der Waals surface area contributed by atoms with Crippen molar-refractivity contribution < 1.29 is 13.2 Å². The SMILES string of the molecule is O=C([C@H](Cc1ccccc1)NS(=O)(=O)c1cc(Cl)ccc1Cl)N1CCN(c2cccc(Cl)c2)CC1. The third-order valence-corrected chi connectivity index (χ3v) is 8.25. The Morgan fingerprint density at radius 2 is 1.54 bits per heavy atom. The normalized spacial score (nSPS) is 15.2. The first-order chi connectivity index (χ1) is 16.7. The van der Waals surface area contributed by atoms with Gasteiger partial charge < -0.3 is 9.80 Å². The molecule has 3 aromatic rings. The van der Waals surface area contributed by atoms with Gasteiger partial charge >= 0.3 is 0 Å². The standard InChI is InChI=1S/C25H24Cl3N3O3S/c26-19-7-4-8-21(16-19)30-11-13-31(14-12-30)25(32)23(15-18-5-2-1-3-6-18)29-35(33,34)24-17-20(27)9-10-22(24)28/h1-10,16-17,23,29H,11-15H2/t23-/m0/s1. The molecule has 1 aliphatic rings. The molecule has 1 heterocycles. The molecule has 0 aromatic heterocycles. The molecule has 1 atom stereocenters. The average Bonchev–Trinajstić information content (AvgIpc) is 2.85. The zero-order chi connectivity index (χ0) is 25.0. The first kappa shape index (κ1) is 25.8. The highest BCUT2D eigenvalue weighted by Crippen LogP contribution is 2.26. The van der Waals surface area contributed by atoms with Crippen molar-refractivity contribution >= 4 is 56.4 Å². The van der Waals surface area contributed by atoms with Crippen molar-refractivity contribution in [2.24, 2.45) is 0 Å². The minimum Gasteiger partial charge on any atom is -0.368 e. The summed E-state index contributed by atoms with van der Waals surface area (Å²) in [5, 5.41) is 0.916.